The number of hydrogen-bond acceptors (Lipinski definition) is 4. The second kappa shape index (κ2) is 7.56. The Hall–Kier alpha value is -2.66. The lowest BCUT2D eigenvalue weighted by Gasteiger charge is -2.11. The van der Waals surface area contributed by atoms with E-state index in [1.807, 2.05) is 31.2 Å². The molecule has 0 spiro atoms. The molecule has 0 aromatic heterocycles. The molecule has 2 aromatic rings. The van der Waals surface area contributed by atoms with Crippen LogP contribution in [0.3, 0.4) is 0 Å². The van der Waals surface area contributed by atoms with Gasteiger partial charge in [0.25, 0.3) is 5.91 Å². The molecule has 0 fully saturated rings. The van der Waals surface area contributed by atoms with Crippen molar-refractivity contribution in [3.8, 4) is 5.75 Å². The van der Waals surface area contributed by atoms with Crippen LogP contribution in [0.2, 0.25) is 0 Å². The molecule has 1 amide bonds. The van der Waals surface area contributed by atoms with Crippen LogP contribution in [-0.2, 0) is 17.9 Å². The van der Waals surface area contributed by atoms with Crippen molar-refractivity contribution in [1.82, 2.24) is 5.32 Å². The number of hydrogen-bond donors (Lipinski definition) is 2. The summed E-state index contributed by atoms with van der Waals surface area (Å²) < 4.78 is 5.05. The van der Waals surface area contributed by atoms with Crippen molar-refractivity contribution in [1.29, 1.82) is 0 Å². The monoisotopic (exact) mass is 313 g/mol. The quantitative estimate of drug-likeness (QED) is 0.656. The predicted octanol–water partition coefficient (Wildman–Crippen LogP) is 2.34. The number of amides is 1. The first-order chi connectivity index (χ1) is 11.0. The number of ether oxygens (including phenoxy) is 1. The third kappa shape index (κ3) is 4.66. The second-order valence-corrected chi connectivity index (χ2v) is 5.25. The number of carbonyl (C=O) groups is 2. The van der Waals surface area contributed by atoms with E-state index in [2.05, 4.69) is 5.32 Å². The maximum atomic E-state index is 12.4. The highest BCUT2D eigenvalue weighted by molar-refractivity contribution is 5.97. The number of esters is 1. The number of carbonyl (C=O) groups excluding carboxylic acids is 2. The number of benzene rings is 2. The average molecular weight is 313 g/mol. The fourth-order valence-electron chi connectivity index (χ4n) is 2.08. The third-order valence-electron chi connectivity index (χ3n) is 3.30. The summed E-state index contributed by atoms with van der Waals surface area (Å²) in [4.78, 5) is 23.5. The summed E-state index contributed by atoms with van der Waals surface area (Å²) in [5, 5.41) is 12.0. The first-order valence-electron chi connectivity index (χ1n) is 7.25. The SMILES string of the molecule is CC(=O)Oc1ccc(CO)cc1C(=O)NCc1ccc(C)cc1. The van der Waals surface area contributed by atoms with E-state index < -0.39 is 5.97 Å². The molecule has 23 heavy (non-hydrogen) atoms. The van der Waals surface area contributed by atoms with Crippen LogP contribution in [0.15, 0.2) is 42.5 Å². The van der Waals surface area contributed by atoms with E-state index in [1.165, 1.54) is 19.1 Å². The zero-order valence-electron chi connectivity index (χ0n) is 13.1. The smallest absolute Gasteiger partial charge is 0.308 e. The van der Waals surface area contributed by atoms with Crippen LogP contribution in [0.1, 0.15) is 34.0 Å². The maximum Gasteiger partial charge on any atom is 0.308 e. The minimum atomic E-state index is -0.505. The molecular formula is C18H19NO4. The Bertz CT molecular complexity index is 707. The molecule has 0 atom stereocenters. The van der Waals surface area contributed by atoms with Gasteiger partial charge in [0.2, 0.25) is 0 Å². The lowest BCUT2D eigenvalue weighted by Crippen LogP contribution is -2.24. The molecule has 2 N–H and O–H groups in total. The van der Waals surface area contributed by atoms with Crippen molar-refractivity contribution in [2.45, 2.75) is 27.0 Å². The first-order valence-corrected chi connectivity index (χ1v) is 7.25. The Morgan fingerprint density at radius 3 is 2.35 bits per heavy atom. The van der Waals surface area contributed by atoms with E-state index >= 15 is 0 Å². The fraction of sp³-hybridized carbons (Fsp3) is 0.222. The van der Waals surface area contributed by atoms with E-state index in [-0.39, 0.29) is 23.8 Å². The van der Waals surface area contributed by atoms with Crippen LogP contribution < -0.4 is 10.1 Å². The van der Waals surface area contributed by atoms with E-state index in [9.17, 15) is 14.7 Å². The highest BCUT2D eigenvalue weighted by Crippen LogP contribution is 2.21. The topological polar surface area (TPSA) is 75.6 Å². The van der Waals surface area contributed by atoms with Gasteiger partial charge >= 0.3 is 5.97 Å². The maximum absolute atomic E-state index is 12.4. The standard InChI is InChI=1S/C18H19NO4/c1-12-3-5-14(6-4-12)10-19-18(22)16-9-15(11-20)7-8-17(16)23-13(2)21/h3-9,20H,10-11H2,1-2H3,(H,19,22). The van der Waals surface area contributed by atoms with Gasteiger partial charge in [-0.25, -0.2) is 0 Å². The van der Waals surface area contributed by atoms with E-state index in [0.29, 0.717) is 12.1 Å². The van der Waals surface area contributed by atoms with Crippen molar-refractivity contribution < 1.29 is 19.4 Å². The van der Waals surface area contributed by atoms with Gasteiger partial charge in [0, 0.05) is 13.5 Å². The lowest BCUT2D eigenvalue weighted by molar-refractivity contribution is -0.131. The summed E-state index contributed by atoms with van der Waals surface area (Å²) in [6, 6.07) is 12.4. The average Bonchev–Trinajstić information content (AvgIpc) is 2.54. The van der Waals surface area contributed by atoms with Gasteiger partial charge < -0.3 is 15.2 Å². The van der Waals surface area contributed by atoms with Gasteiger partial charge in [0.05, 0.1) is 12.2 Å². The van der Waals surface area contributed by atoms with Crippen molar-refractivity contribution >= 4 is 11.9 Å². The Kier molecular flexibility index (Phi) is 5.49. The van der Waals surface area contributed by atoms with Gasteiger partial charge in [-0.1, -0.05) is 35.9 Å². The summed E-state index contributed by atoms with van der Waals surface area (Å²) in [6.45, 7) is 3.43. The largest absolute Gasteiger partial charge is 0.426 e. The number of nitrogens with one attached hydrogen (secondary N) is 1. The van der Waals surface area contributed by atoms with Crippen LogP contribution in [0, 0.1) is 6.92 Å². The Morgan fingerprint density at radius 2 is 1.74 bits per heavy atom. The molecule has 2 aromatic carbocycles. The fourth-order valence-corrected chi connectivity index (χ4v) is 2.08. The number of aryl methyl sites for hydroxylation is 1. The summed E-state index contributed by atoms with van der Waals surface area (Å²) >= 11 is 0. The molecule has 0 aliphatic heterocycles. The molecule has 0 heterocycles. The zero-order chi connectivity index (χ0) is 16.8. The molecule has 0 bridgehead atoms. The number of aliphatic hydroxyl groups is 1. The molecule has 2 rings (SSSR count). The van der Waals surface area contributed by atoms with Gasteiger partial charge in [0.15, 0.2) is 0 Å². The third-order valence-corrected chi connectivity index (χ3v) is 3.30. The van der Waals surface area contributed by atoms with Crippen molar-refractivity contribution in [3.63, 3.8) is 0 Å². The lowest BCUT2D eigenvalue weighted by atomic mass is 10.1. The van der Waals surface area contributed by atoms with E-state index in [4.69, 9.17) is 4.74 Å². The number of rotatable bonds is 5. The first kappa shape index (κ1) is 16.7. The van der Waals surface area contributed by atoms with Gasteiger partial charge in [-0.2, -0.15) is 0 Å². The van der Waals surface area contributed by atoms with Gasteiger partial charge in [-0.3, -0.25) is 9.59 Å². The van der Waals surface area contributed by atoms with Gasteiger partial charge in [0.1, 0.15) is 5.75 Å². The molecule has 0 radical (unpaired) electrons. The Balaban J connectivity index is 2.16. The van der Waals surface area contributed by atoms with Crippen LogP contribution >= 0.6 is 0 Å². The molecule has 120 valence electrons. The summed E-state index contributed by atoms with van der Waals surface area (Å²) in [5.41, 5.74) is 2.91. The highest BCUT2D eigenvalue weighted by atomic mass is 16.5. The second-order valence-electron chi connectivity index (χ2n) is 5.25. The normalized spacial score (nSPS) is 10.2. The minimum Gasteiger partial charge on any atom is -0.426 e. The summed E-state index contributed by atoms with van der Waals surface area (Å²) in [7, 11) is 0. The van der Waals surface area contributed by atoms with Crippen LogP contribution in [0.4, 0.5) is 0 Å². The van der Waals surface area contributed by atoms with Crippen molar-refractivity contribution in [3.05, 3.63) is 64.7 Å². The van der Waals surface area contributed by atoms with Crippen molar-refractivity contribution in [2.75, 3.05) is 0 Å². The summed E-state index contributed by atoms with van der Waals surface area (Å²) in [5.74, 6) is -0.692. The van der Waals surface area contributed by atoms with E-state index in [0.717, 1.165) is 11.1 Å². The van der Waals surface area contributed by atoms with Crippen LogP contribution in [0.5, 0.6) is 5.75 Å². The van der Waals surface area contributed by atoms with Gasteiger partial charge in [-0.05, 0) is 30.2 Å². The Labute approximate surface area is 134 Å². The molecule has 0 saturated carbocycles. The predicted molar refractivity (Wildman–Crippen MR) is 86.0 cm³/mol. The molecule has 0 aliphatic carbocycles. The molecule has 5 nitrogen and oxygen atoms in total. The van der Waals surface area contributed by atoms with Crippen LogP contribution in [-0.4, -0.2) is 17.0 Å². The molecule has 0 saturated heterocycles. The van der Waals surface area contributed by atoms with Gasteiger partial charge in [-0.15, -0.1) is 0 Å². The Morgan fingerprint density at radius 1 is 1.09 bits per heavy atom. The van der Waals surface area contributed by atoms with Crippen LogP contribution in [0.25, 0.3) is 0 Å². The minimum absolute atomic E-state index is 0.177. The summed E-state index contributed by atoms with van der Waals surface area (Å²) in [6.07, 6.45) is 0. The van der Waals surface area contributed by atoms with Crippen molar-refractivity contribution in [2.24, 2.45) is 0 Å². The zero-order valence-corrected chi connectivity index (χ0v) is 13.1. The molecule has 5 heteroatoms. The van der Waals surface area contributed by atoms with E-state index in [1.54, 1.807) is 6.07 Å². The molecule has 0 unspecified atom stereocenters. The highest BCUT2D eigenvalue weighted by Gasteiger charge is 2.15. The molecular weight excluding hydrogens is 294 g/mol. The molecule has 0 aliphatic rings. The number of aliphatic hydroxyl groups excluding tert-OH is 1.